The molecule has 0 aliphatic heterocycles. The molecule has 2 aromatic heterocycles. The number of anilines is 1. The molecular weight excluding hydrogens is 386 g/mol. The molecule has 0 atom stereocenters. The van der Waals surface area contributed by atoms with E-state index in [1.165, 1.54) is 6.07 Å². The van der Waals surface area contributed by atoms with E-state index in [1.54, 1.807) is 18.2 Å². The fourth-order valence-electron chi connectivity index (χ4n) is 3.45. The molecule has 30 heavy (non-hydrogen) atoms. The van der Waals surface area contributed by atoms with Gasteiger partial charge in [0.1, 0.15) is 11.2 Å². The van der Waals surface area contributed by atoms with Crippen molar-refractivity contribution in [1.29, 1.82) is 0 Å². The maximum absolute atomic E-state index is 12.9. The predicted molar refractivity (Wildman–Crippen MR) is 114 cm³/mol. The average molecular weight is 407 g/mol. The minimum absolute atomic E-state index is 0.0743. The molecule has 0 fully saturated rings. The maximum Gasteiger partial charge on any atom is 0.293 e. The van der Waals surface area contributed by atoms with Crippen molar-refractivity contribution in [2.24, 2.45) is 0 Å². The molecule has 1 amide bonds. The van der Waals surface area contributed by atoms with Crippen molar-refractivity contribution in [3.8, 4) is 0 Å². The van der Waals surface area contributed by atoms with Crippen LogP contribution in [0.25, 0.3) is 21.9 Å². The van der Waals surface area contributed by atoms with Gasteiger partial charge in [0, 0.05) is 31.2 Å². The maximum atomic E-state index is 12.9. The van der Waals surface area contributed by atoms with E-state index >= 15 is 0 Å². The second kappa shape index (κ2) is 8.34. The summed E-state index contributed by atoms with van der Waals surface area (Å²) >= 11 is 0. The van der Waals surface area contributed by atoms with E-state index in [2.05, 4.69) is 15.3 Å². The van der Waals surface area contributed by atoms with Crippen molar-refractivity contribution in [3.63, 3.8) is 0 Å². The third-order valence-corrected chi connectivity index (χ3v) is 4.83. The van der Waals surface area contributed by atoms with E-state index in [-0.39, 0.29) is 11.4 Å². The van der Waals surface area contributed by atoms with Crippen LogP contribution in [-0.4, -0.2) is 38.6 Å². The number of nitro groups is 1. The molecule has 4 rings (SSSR count). The summed E-state index contributed by atoms with van der Waals surface area (Å²) in [5.74, 6) is 0.00714. The van der Waals surface area contributed by atoms with Gasteiger partial charge in [0.2, 0.25) is 5.95 Å². The van der Waals surface area contributed by atoms with Crippen LogP contribution in [0.2, 0.25) is 0 Å². The van der Waals surface area contributed by atoms with Crippen LogP contribution in [0.3, 0.4) is 0 Å². The summed E-state index contributed by atoms with van der Waals surface area (Å²) in [6.45, 7) is 3.85. The lowest BCUT2D eigenvalue weighted by Crippen LogP contribution is -2.17. The number of rotatable bonds is 8. The molecule has 0 radical (unpaired) electrons. The molecule has 4 aromatic rings. The first-order valence-corrected chi connectivity index (χ1v) is 9.69. The highest BCUT2D eigenvalue weighted by Gasteiger charge is 2.19. The smallest absolute Gasteiger partial charge is 0.293 e. The standard InChI is InChI=1S/C21H21N5O4/c1-2-30-12-6-11-25-17-9-4-3-8-15(17)23-21(25)24-20(27)16-13-14-7-5-10-18(26(28)29)19(14)22-16/h3-5,7-10,13,22H,2,6,11-12H2,1H3,(H,23,24,27). The van der Waals surface area contributed by atoms with Crippen LogP contribution in [0.4, 0.5) is 11.6 Å². The van der Waals surface area contributed by atoms with Crippen molar-refractivity contribution >= 4 is 39.5 Å². The molecule has 0 saturated carbocycles. The number of aromatic nitrogens is 3. The Morgan fingerprint density at radius 2 is 2.10 bits per heavy atom. The third-order valence-electron chi connectivity index (χ3n) is 4.83. The van der Waals surface area contributed by atoms with Crippen LogP contribution >= 0.6 is 0 Å². The fourth-order valence-corrected chi connectivity index (χ4v) is 3.45. The average Bonchev–Trinajstić information content (AvgIpc) is 3.32. The van der Waals surface area contributed by atoms with Crippen molar-refractivity contribution in [2.45, 2.75) is 19.9 Å². The van der Waals surface area contributed by atoms with Gasteiger partial charge in [-0.15, -0.1) is 0 Å². The Kier molecular flexibility index (Phi) is 5.44. The molecule has 2 N–H and O–H groups in total. The lowest BCUT2D eigenvalue weighted by atomic mass is 10.2. The normalized spacial score (nSPS) is 11.2. The first-order chi connectivity index (χ1) is 14.6. The number of imidazole rings is 1. The number of nitrogens with one attached hydrogen (secondary N) is 2. The first kappa shape index (κ1) is 19.6. The topological polar surface area (TPSA) is 115 Å². The van der Waals surface area contributed by atoms with Gasteiger partial charge in [0.05, 0.1) is 16.0 Å². The van der Waals surface area contributed by atoms with Gasteiger partial charge in [0.15, 0.2) is 0 Å². The zero-order valence-electron chi connectivity index (χ0n) is 16.4. The third kappa shape index (κ3) is 3.74. The molecule has 0 saturated heterocycles. The second-order valence-electron chi connectivity index (χ2n) is 6.76. The molecule has 0 unspecified atom stereocenters. The minimum atomic E-state index is -0.474. The fraction of sp³-hybridized carbons (Fsp3) is 0.238. The summed E-state index contributed by atoms with van der Waals surface area (Å²) < 4.78 is 7.36. The number of nitro benzene ring substituents is 1. The first-order valence-electron chi connectivity index (χ1n) is 9.69. The number of nitrogens with zero attached hydrogens (tertiary/aromatic N) is 3. The Hall–Kier alpha value is -3.72. The van der Waals surface area contributed by atoms with Crippen LogP contribution in [0.15, 0.2) is 48.5 Å². The number of benzene rings is 2. The lowest BCUT2D eigenvalue weighted by Gasteiger charge is -2.10. The number of para-hydroxylation sites is 3. The summed E-state index contributed by atoms with van der Waals surface area (Å²) in [5, 5.41) is 14.7. The van der Waals surface area contributed by atoms with Crippen molar-refractivity contribution in [2.75, 3.05) is 18.5 Å². The molecule has 0 aliphatic rings. The Balaban J connectivity index is 1.63. The minimum Gasteiger partial charge on any atom is -0.382 e. The van der Waals surface area contributed by atoms with Crippen molar-refractivity contribution in [1.82, 2.24) is 14.5 Å². The van der Waals surface area contributed by atoms with Gasteiger partial charge in [0.25, 0.3) is 11.6 Å². The van der Waals surface area contributed by atoms with Crippen LogP contribution in [0, 0.1) is 10.1 Å². The van der Waals surface area contributed by atoms with E-state index in [9.17, 15) is 14.9 Å². The summed E-state index contributed by atoms with van der Waals surface area (Å²) in [4.78, 5) is 31.1. The number of hydrogen-bond acceptors (Lipinski definition) is 5. The molecule has 0 bridgehead atoms. The Morgan fingerprint density at radius 3 is 2.90 bits per heavy atom. The number of amides is 1. The summed E-state index contributed by atoms with van der Waals surface area (Å²) in [7, 11) is 0. The Labute approximate surface area is 171 Å². The monoisotopic (exact) mass is 407 g/mol. The highest BCUT2D eigenvalue weighted by molar-refractivity contribution is 6.06. The van der Waals surface area contributed by atoms with Gasteiger partial charge in [-0.05, 0) is 31.5 Å². The second-order valence-corrected chi connectivity index (χ2v) is 6.76. The summed E-state index contributed by atoms with van der Waals surface area (Å²) in [5.41, 5.74) is 2.16. The molecule has 2 aromatic carbocycles. The van der Waals surface area contributed by atoms with Gasteiger partial charge >= 0.3 is 0 Å². The van der Waals surface area contributed by atoms with E-state index in [4.69, 9.17) is 4.74 Å². The summed E-state index contributed by atoms with van der Waals surface area (Å²) in [6, 6.07) is 14.0. The number of aromatic amines is 1. The number of H-pyrrole nitrogens is 1. The number of hydrogen-bond donors (Lipinski definition) is 2. The molecule has 9 heteroatoms. The zero-order valence-corrected chi connectivity index (χ0v) is 16.4. The molecule has 0 aliphatic carbocycles. The molecule has 154 valence electrons. The molecule has 9 nitrogen and oxygen atoms in total. The van der Waals surface area contributed by atoms with E-state index < -0.39 is 10.8 Å². The van der Waals surface area contributed by atoms with Gasteiger partial charge in [-0.2, -0.15) is 0 Å². The number of non-ortho nitro benzene ring substituents is 1. The van der Waals surface area contributed by atoms with E-state index in [1.807, 2.05) is 35.8 Å². The quantitative estimate of drug-likeness (QED) is 0.259. The van der Waals surface area contributed by atoms with Crippen LogP contribution in [0.5, 0.6) is 0 Å². The van der Waals surface area contributed by atoms with Gasteiger partial charge in [-0.25, -0.2) is 4.98 Å². The van der Waals surface area contributed by atoms with Crippen molar-refractivity contribution < 1.29 is 14.5 Å². The number of carbonyl (C=O) groups excluding carboxylic acids is 1. The molecule has 2 heterocycles. The molecule has 0 spiro atoms. The number of carbonyl (C=O) groups is 1. The Morgan fingerprint density at radius 1 is 1.27 bits per heavy atom. The number of aryl methyl sites for hydroxylation is 1. The highest BCUT2D eigenvalue weighted by Crippen LogP contribution is 2.26. The number of fused-ring (bicyclic) bond motifs is 2. The van der Waals surface area contributed by atoms with Crippen LogP contribution < -0.4 is 5.32 Å². The van der Waals surface area contributed by atoms with E-state index in [0.29, 0.717) is 36.6 Å². The van der Waals surface area contributed by atoms with Crippen LogP contribution in [-0.2, 0) is 11.3 Å². The summed E-state index contributed by atoms with van der Waals surface area (Å²) in [6.07, 6.45) is 0.773. The predicted octanol–water partition coefficient (Wildman–Crippen LogP) is 4.10. The lowest BCUT2D eigenvalue weighted by molar-refractivity contribution is -0.383. The zero-order chi connectivity index (χ0) is 21.1. The van der Waals surface area contributed by atoms with Gasteiger partial charge < -0.3 is 14.3 Å². The van der Waals surface area contributed by atoms with Gasteiger partial charge in [-0.1, -0.05) is 24.3 Å². The highest BCUT2D eigenvalue weighted by atomic mass is 16.6. The van der Waals surface area contributed by atoms with Gasteiger partial charge in [-0.3, -0.25) is 20.2 Å². The SMILES string of the molecule is CCOCCCn1c(NC(=O)c2cc3cccc([N+](=O)[O-])c3[nH]2)nc2ccccc21. The van der Waals surface area contributed by atoms with E-state index in [0.717, 1.165) is 17.5 Å². The molecular formula is C21H21N5O4. The Bertz CT molecular complexity index is 1230. The largest absolute Gasteiger partial charge is 0.382 e. The number of ether oxygens (including phenoxy) is 1. The van der Waals surface area contributed by atoms with Crippen molar-refractivity contribution in [3.05, 3.63) is 64.3 Å². The van der Waals surface area contributed by atoms with Crippen LogP contribution in [0.1, 0.15) is 23.8 Å².